The summed E-state index contributed by atoms with van der Waals surface area (Å²) in [5.74, 6) is 0.657. The van der Waals surface area contributed by atoms with Crippen molar-refractivity contribution in [1.29, 1.82) is 0 Å². The summed E-state index contributed by atoms with van der Waals surface area (Å²) >= 11 is 4.17. The summed E-state index contributed by atoms with van der Waals surface area (Å²) in [7, 11) is 0. The van der Waals surface area contributed by atoms with Gasteiger partial charge in [0.25, 0.3) is 0 Å². The monoisotopic (exact) mass is 227 g/mol. The second-order valence-corrected chi connectivity index (χ2v) is 4.70. The van der Waals surface area contributed by atoms with Gasteiger partial charge >= 0.3 is 0 Å². The number of aliphatic hydroxyl groups is 1. The molecule has 0 aromatic heterocycles. The lowest BCUT2D eigenvalue weighted by Crippen LogP contribution is -2.10. The highest BCUT2D eigenvalue weighted by atomic mass is 32.1. The molecule has 0 heterocycles. The molecule has 0 aromatic carbocycles. The van der Waals surface area contributed by atoms with Crippen molar-refractivity contribution in [2.24, 2.45) is 11.1 Å². The Balaban J connectivity index is 5.23. The third kappa shape index (κ3) is 4.58. The van der Waals surface area contributed by atoms with Crippen molar-refractivity contribution < 1.29 is 5.11 Å². The summed E-state index contributed by atoms with van der Waals surface area (Å²) < 4.78 is 0. The molecule has 0 saturated carbocycles. The summed E-state index contributed by atoms with van der Waals surface area (Å²) in [6.07, 6.45) is 3.70. The van der Waals surface area contributed by atoms with Crippen molar-refractivity contribution in [2.75, 3.05) is 12.3 Å². The van der Waals surface area contributed by atoms with Gasteiger partial charge in [0.1, 0.15) is 5.76 Å². The minimum Gasteiger partial charge on any atom is -0.511 e. The molecule has 0 radical (unpaired) electrons. The van der Waals surface area contributed by atoms with Crippen LogP contribution < -0.4 is 5.73 Å². The van der Waals surface area contributed by atoms with Gasteiger partial charge in [-0.15, -0.1) is 0 Å². The van der Waals surface area contributed by atoms with E-state index in [1.54, 1.807) is 6.08 Å². The van der Waals surface area contributed by atoms with Gasteiger partial charge < -0.3 is 10.8 Å². The zero-order chi connectivity index (χ0) is 12.1. The van der Waals surface area contributed by atoms with Crippen LogP contribution in [-0.4, -0.2) is 17.4 Å². The Morgan fingerprint density at radius 2 is 2.00 bits per heavy atom. The largest absolute Gasteiger partial charge is 0.511 e. The number of hydrogen-bond acceptors (Lipinski definition) is 3. The molecule has 0 aliphatic carbocycles. The molecule has 0 fully saturated rings. The lowest BCUT2D eigenvalue weighted by molar-refractivity contribution is 0.398. The molecule has 0 aliphatic heterocycles. The van der Waals surface area contributed by atoms with Crippen LogP contribution in [0.4, 0.5) is 0 Å². The number of rotatable bonds is 4. The van der Waals surface area contributed by atoms with E-state index in [-0.39, 0.29) is 17.7 Å². The van der Waals surface area contributed by atoms with E-state index in [2.05, 4.69) is 40.0 Å². The van der Waals surface area contributed by atoms with E-state index in [1.165, 1.54) is 0 Å². The average Bonchev–Trinajstić information content (AvgIpc) is 2.16. The molecule has 0 bridgehead atoms. The van der Waals surface area contributed by atoms with Crippen molar-refractivity contribution in [2.45, 2.75) is 20.8 Å². The Kier molecular flexibility index (Phi) is 5.76. The molecule has 3 N–H and O–H groups in total. The number of aliphatic hydroxyl groups excluding tert-OH is 1. The Labute approximate surface area is 98.0 Å². The van der Waals surface area contributed by atoms with Gasteiger partial charge in [-0.3, -0.25) is 0 Å². The van der Waals surface area contributed by atoms with Crippen molar-refractivity contribution in [3.63, 3.8) is 0 Å². The van der Waals surface area contributed by atoms with Crippen LogP contribution in [-0.2, 0) is 0 Å². The average molecular weight is 227 g/mol. The molecule has 0 rings (SSSR count). The maximum absolute atomic E-state index is 9.55. The molecule has 0 aliphatic rings. The lowest BCUT2D eigenvalue weighted by atomic mass is 9.85. The molecule has 15 heavy (non-hydrogen) atoms. The summed E-state index contributed by atoms with van der Waals surface area (Å²) in [6, 6.07) is 0. The second kappa shape index (κ2) is 6.03. The highest BCUT2D eigenvalue weighted by molar-refractivity contribution is 7.80. The summed E-state index contributed by atoms with van der Waals surface area (Å²) in [4.78, 5) is 0. The standard InChI is InChI=1S/C12H21NOS/c1-5-10(12(2,3)4)6-9(8-15)11(14)7-13/h5-6,14-15H,1,7-8,13H2,2-4H3/b10-6+,11-9-. The van der Waals surface area contributed by atoms with Crippen LogP contribution in [0.5, 0.6) is 0 Å². The molecular formula is C12H21NOS. The van der Waals surface area contributed by atoms with Gasteiger partial charge in [-0.1, -0.05) is 39.5 Å². The zero-order valence-corrected chi connectivity index (χ0v) is 10.6. The first-order chi connectivity index (χ1) is 6.86. The first kappa shape index (κ1) is 14.3. The Morgan fingerprint density at radius 1 is 1.47 bits per heavy atom. The predicted molar refractivity (Wildman–Crippen MR) is 70.3 cm³/mol. The van der Waals surface area contributed by atoms with Crippen LogP contribution in [0.15, 0.2) is 35.6 Å². The molecule has 0 amide bonds. The van der Waals surface area contributed by atoms with Crippen molar-refractivity contribution in [3.8, 4) is 0 Å². The van der Waals surface area contributed by atoms with Crippen LogP contribution in [0.1, 0.15) is 20.8 Å². The molecule has 0 atom stereocenters. The molecule has 2 nitrogen and oxygen atoms in total. The van der Waals surface area contributed by atoms with Gasteiger partial charge in [0.05, 0.1) is 6.54 Å². The van der Waals surface area contributed by atoms with Gasteiger partial charge in [0, 0.05) is 11.3 Å². The molecule has 0 unspecified atom stereocenters. The van der Waals surface area contributed by atoms with Crippen LogP contribution in [0.2, 0.25) is 0 Å². The van der Waals surface area contributed by atoms with E-state index in [4.69, 9.17) is 5.73 Å². The Bertz CT molecular complexity index is 284. The maximum Gasteiger partial charge on any atom is 0.110 e. The normalized spacial score (nSPS) is 14.9. The smallest absolute Gasteiger partial charge is 0.110 e. The van der Waals surface area contributed by atoms with Crippen molar-refractivity contribution >= 4 is 12.6 Å². The topological polar surface area (TPSA) is 46.2 Å². The first-order valence-corrected chi connectivity index (χ1v) is 5.56. The quantitative estimate of drug-likeness (QED) is 0.393. The summed E-state index contributed by atoms with van der Waals surface area (Å²) in [5, 5.41) is 9.55. The second-order valence-electron chi connectivity index (χ2n) is 4.39. The van der Waals surface area contributed by atoms with E-state index < -0.39 is 0 Å². The molecule has 0 aromatic rings. The van der Waals surface area contributed by atoms with Gasteiger partial charge in [-0.25, -0.2) is 0 Å². The van der Waals surface area contributed by atoms with Crippen molar-refractivity contribution in [1.82, 2.24) is 0 Å². The number of allylic oxidation sites excluding steroid dienone is 3. The summed E-state index contributed by atoms with van der Waals surface area (Å²) in [6.45, 7) is 10.2. The van der Waals surface area contributed by atoms with Crippen molar-refractivity contribution in [3.05, 3.63) is 35.6 Å². The minimum absolute atomic E-state index is 0.00479. The fourth-order valence-corrected chi connectivity index (χ4v) is 1.39. The van der Waals surface area contributed by atoms with Crippen LogP contribution >= 0.6 is 12.6 Å². The van der Waals surface area contributed by atoms with E-state index in [0.29, 0.717) is 5.75 Å². The van der Waals surface area contributed by atoms with E-state index in [9.17, 15) is 5.11 Å². The van der Waals surface area contributed by atoms with E-state index in [1.807, 2.05) is 6.08 Å². The fraction of sp³-hybridized carbons (Fsp3) is 0.500. The molecular weight excluding hydrogens is 206 g/mol. The zero-order valence-electron chi connectivity index (χ0n) is 9.75. The molecule has 86 valence electrons. The fourth-order valence-electron chi connectivity index (χ4n) is 1.12. The minimum atomic E-state index is 0.00479. The van der Waals surface area contributed by atoms with Crippen LogP contribution in [0, 0.1) is 5.41 Å². The lowest BCUT2D eigenvalue weighted by Gasteiger charge is -2.20. The highest BCUT2D eigenvalue weighted by Gasteiger charge is 2.14. The SMILES string of the molecule is C=C/C(=C\C(CS)=C(\O)CN)C(C)(C)C. The molecule has 0 saturated heterocycles. The van der Waals surface area contributed by atoms with Gasteiger partial charge in [0.15, 0.2) is 0 Å². The summed E-state index contributed by atoms with van der Waals surface area (Å²) in [5.41, 5.74) is 7.20. The number of thiol groups is 1. The Hall–Kier alpha value is -0.670. The molecule has 3 heteroatoms. The third-order valence-electron chi connectivity index (χ3n) is 2.15. The molecule has 0 spiro atoms. The third-order valence-corrected chi connectivity index (χ3v) is 2.49. The van der Waals surface area contributed by atoms with Crippen LogP contribution in [0.3, 0.4) is 0 Å². The first-order valence-electron chi connectivity index (χ1n) is 4.93. The predicted octanol–water partition coefficient (Wildman–Crippen LogP) is 2.85. The maximum atomic E-state index is 9.55. The highest BCUT2D eigenvalue weighted by Crippen LogP contribution is 2.27. The van der Waals surface area contributed by atoms with Crippen LogP contribution in [0.25, 0.3) is 0 Å². The van der Waals surface area contributed by atoms with E-state index in [0.717, 1.165) is 11.1 Å². The van der Waals surface area contributed by atoms with E-state index >= 15 is 0 Å². The number of hydrogen-bond donors (Lipinski definition) is 3. The van der Waals surface area contributed by atoms with Gasteiger partial charge in [-0.2, -0.15) is 12.6 Å². The number of nitrogens with two attached hydrogens (primary N) is 1. The Morgan fingerprint density at radius 3 is 2.27 bits per heavy atom. The van der Waals surface area contributed by atoms with Gasteiger partial charge in [-0.05, 0) is 11.0 Å². The van der Waals surface area contributed by atoms with Gasteiger partial charge in [0.2, 0.25) is 0 Å².